The van der Waals surface area contributed by atoms with Gasteiger partial charge in [0.2, 0.25) is 0 Å². The Labute approximate surface area is 310 Å². The van der Waals surface area contributed by atoms with Gasteiger partial charge in [-0.1, -0.05) is 176 Å². The third-order valence-electron chi connectivity index (χ3n) is 10.6. The Balaban J connectivity index is 1.16. The van der Waals surface area contributed by atoms with Crippen molar-refractivity contribution in [2.24, 2.45) is 0 Å². The second kappa shape index (κ2) is 13.0. The maximum atomic E-state index is 2.41. The van der Waals surface area contributed by atoms with Gasteiger partial charge in [-0.2, -0.15) is 0 Å². The number of hydrogen-bond acceptors (Lipinski definition) is 1. The fraction of sp³-hybridized carbons (Fsp3) is 0. The first kappa shape index (κ1) is 30.8. The van der Waals surface area contributed by atoms with Crippen LogP contribution < -0.4 is 4.90 Å². The summed E-state index contributed by atoms with van der Waals surface area (Å²) in [5.74, 6) is 0. The second-order valence-electron chi connectivity index (χ2n) is 13.7. The summed E-state index contributed by atoms with van der Waals surface area (Å²) in [6.07, 6.45) is 0. The van der Waals surface area contributed by atoms with Gasteiger partial charge in [0.25, 0.3) is 0 Å². The predicted octanol–water partition coefficient (Wildman–Crippen LogP) is 14.6. The van der Waals surface area contributed by atoms with E-state index in [1.807, 2.05) is 0 Å². The molecule has 1 aliphatic rings. The van der Waals surface area contributed by atoms with Crippen LogP contribution in [0, 0.1) is 0 Å². The maximum Gasteiger partial charge on any atom is 0.0468 e. The summed E-state index contributed by atoms with van der Waals surface area (Å²) in [7, 11) is 0. The number of hydrogen-bond donors (Lipinski definition) is 0. The quantitative estimate of drug-likeness (QED) is 0.163. The molecule has 9 aromatic carbocycles. The van der Waals surface area contributed by atoms with Crippen LogP contribution >= 0.6 is 0 Å². The molecule has 0 heterocycles. The molecule has 0 saturated heterocycles. The topological polar surface area (TPSA) is 3.24 Å². The van der Waals surface area contributed by atoms with E-state index in [1.165, 1.54) is 77.5 Å². The minimum atomic E-state index is 1.11. The van der Waals surface area contributed by atoms with Crippen molar-refractivity contribution in [2.45, 2.75) is 0 Å². The molecule has 53 heavy (non-hydrogen) atoms. The summed E-state index contributed by atoms with van der Waals surface area (Å²) >= 11 is 0. The molecule has 0 atom stereocenters. The number of benzene rings is 9. The van der Waals surface area contributed by atoms with Crippen molar-refractivity contribution < 1.29 is 0 Å². The van der Waals surface area contributed by atoms with Crippen LogP contribution in [0.15, 0.2) is 212 Å². The largest absolute Gasteiger partial charge is 0.310 e. The molecule has 9 aromatic rings. The summed E-state index contributed by atoms with van der Waals surface area (Å²) in [4.78, 5) is 2.39. The highest BCUT2D eigenvalue weighted by molar-refractivity contribution is 6.25. The number of rotatable bonds is 7. The third-order valence-corrected chi connectivity index (χ3v) is 10.6. The van der Waals surface area contributed by atoms with Crippen molar-refractivity contribution >= 4 is 27.8 Å². The van der Waals surface area contributed by atoms with Crippen LogP contribution in [0.5, 0.6) is 0 Å². The number of nitrogens with zero attached hydrogens (tertiary/aromatic N) is 1. The molecule has 1 heteroatoms. The predicted molar refractivity (Wildman–Crippen MR) is 225 cm³/mol. The standard InChI is InChI=1S/C52H35N/c1-5-15-36(16-6-1)38-25-29-42(30-26-38)53(43-31-27-39(28-32-43)37-17-7-2-8-18-37)44-33-34-47-48(35-44)52-50(41-21-11-4-12-22-41)46-24-14-13-23-45(46)49(51(47)52)40-19-9-3-10-20-40/h1-35H. The van der Waals surface area contributed by atoms with Gasteiger partial charge in [0.05, 0.1) is 0 Å². The van der Waals surface area contributed by atoms with E-state index in [-0.39, 0.29) is 0 Å². The monoisotopic (exact) mass is 673 g/mol. The van der Waals surface area contributed by atoms with Crippen molar-refractivity contribution in [3.63, 3.8) is 0 Å². The summed E-state index contributed by atoms with van der Waals surface area (Å²) in [6, 6.07) is 76.9. The molecule has 0 saturated carbocycles. The van der Waals surface area contributed by atoms with Gasteiger partial charge in [-0.15, -0.1) is 0 Å². The van der Waals surface area contributed by atoms with Gasteiger partial charge in [-0.05, 0) is 114 Å². The smallest absolute Gasteiger partial charge is 0.0468 e. The van der Waals surface area contributed by atoms with Crippen LogP contribution in [0.25, 0.3) is 77.5 Å². The molecule has 1 nitrogen and oxygen atoms in total. The zero-order valence-corrected chi connectivity index (χ0v) is 29.2. The molecular formula is C52H35N. The van der Waals surface area contributed by atoms with E-state index in [4.69, 9.17) is 0 Å². The van der Waals surface area contributed by atoms with E-state index in [0.29, 0.717) is 0 Å². The van der Waals surface area contributed by atoms with Gasteiger partial charge in [-0.25, -0.2) is 0 Å². The summed E-state index contributed by atoms with van der Waals surface area (Å²) < 4.78 is 0. The van der Waals surface area contributed by atoms with Crippen LogP contribution in [0.1, 0.15) is 0 Å². The minimum absolute atomic E-state index is 1.11. The fourth-order valence-corrected chi connectivity index (χ4v) is 8.13. The highest BCUT2D eigenvalue weighted by Crippen LogP contribution is 2.60. The molecule has 0 aromatic heterocycles. The molecule has 1 aliphatic carbocycles. The summed E-state index contributed by atoms with van der Waals surface area (Å²) in [5, 5.41) is 2.56. The molecular weight excluding hydrogens is 639 g/mol. The zero-order valence-electron chi connectivity index (χ0n) is 29.2. The first-order valence-electron chi connectivity index (χ1n) is 18.3. The van der Waals surface area contributed by atoms with Gasteiger partial charge in [-0.3, -0.25) is 0 Å². The molecule has 0 amide bonds. The molecule has 0 aliphatic heterocycles. The lowest BCUT2D eigenvalue weighted by Gasteiger charge is -2.34. The van der Waals surface area contributed by atoms with Crippen LogP contribution in [0.4, 0.5) is 17.1 Å². The van der Waals surface area contributed by atoms with Crippen LogP contribution in [0.2, 0.25) is 0 Å². The Kier molecular flexibility index (Phi) is 7.55. The molecule has 0 fully saturated rings. The minimum Gasteiger partial charge on any atom is -0.310 e. The summed E-state index contributed by atoms with van der Waals surface area (Å²) in [6.45, 7) is 0. The van der Waals surface area contributed by atoms with Crippen molar-refractivity contribution in [3.8, 4) is 66.8 Å². The molecule has 0 bridgehead atoms. The van der Waals surface area contributed by atoms with Crippen LogP contribution in [-0.4, -0.2) is 0 Å². The van der Waals surface area contributed by atoms with Gasteiger partial charge in [0, 0.05) is 17.1 Å². The molecule has 0 unspecified atom stereocenters. The molecule has 248 valence electrons. The average molecular weight is 674 g/mol. The number of fused-ring (bicyclic) bond motifs is 5. The highest BCUT2D eigenvalue weighted by atomic mass is 15.1. The zero-order chi connectivity index (χ0) is 35.1. The Bertz CT molecular complexity index is 2630. The van der Waals surface area contributed by atoms with E-state index >= 15 is 0 Å². The normalized spacial score (nSPS) is 11.4. The van der Waals surface area contributed by atoms with Crippen LogP contribution in [0.3, 0.4) is 0 Å². The van der Waals surface area contributed by atoms with E-state index in [2.05, 4.69) is 217 Å². The lowest BCUT2D eigenvalue weighted by Crippen LogP contribution is -2.12. The van der Waals surface area contributed by atoms with Gasteiger partial charge in [0.15, 0.2) is 0 Å². The second-order valence-corrected chi connectivity index (χ2v) is 13.7. The lowest BCUT2D eigenvalue weighted by molar-refractivity contribution is 1.28. The highest BCUT2D eigenvalue weighted by Gasteiger charge is 2.33. The first-order chi connectivity index (χ1) is 26.3. The first-order valence-corrected chi connectivity index (χ1v) is 18.3. The summed E-state index contributed by atoms with van der Waals surface area (Å²) in [5.41, 5.74) is 18.5. The van der Waals surface area contributed by atoms with Gasteiger partial charge < -0.3 is 4.90 Å². The Morgan fingerprint density at radius 2 is 0.566 bits per heavy atom. The molecule has 10 rings (SSSR count). The van der Waals surface area contributed by atoms with Crippen molar-refractivity contribution in [1.29, 1.82) is 0 Å². The Morgan fingerprint density at radius 1 is 0.226 bits per heavy atom. The molecule has 0 N–H and O–H groups in total. The fourth-order valence-electron chi connectivity index (χ4n) is 8.13. The van der Waals surface area contributed by atoms with E-state index in [0.717, 1.165) is 17.1 Å². The van der Waals surface area contributed by atoms with Crippen molar-refractivity contribution in [3.05, 3.63) is 212 Å². The number of anilines is 3. The van der Waals surface area contributed by atoms with Crippen molar-refractivity contribution in [1.82, 2.24) is 0 Å². The Morgan fingerprint density at radius 3 is 1.00 bits per heavy atom. The van der Waals surface area contributed by atoms with Crippen LogP contribution in [-0.2, 0) is 0 Å². The van der Waals surface area contributed by atoms with E-state index in [9.17, 15) is 0 Å². The van der Waals surface area contributed by atoms with Gasteiger partial charge in [0.1, 0.15) is 0 Å². The SMILES string of the molecule is c1ccc(-c2ccc(N(c3ccc(-c4ccccc4)cc3)c3ccc4c(c3)-c3c-4c(-c4ccccc4)c4ccccc4c3-c3ccccc3)cc2)cc1. The van der Waals surface area contributed by atoms with Crippen molar-refractivity contribution in [2.75, 3.05) is 4.90 Å². The lowest BCUT2D eigenvalue weighted by atomic mass is 9.70. The van der Waals surface area contributed by atoms with Gasteiger partial charge >= 0.3 is 0 Å². The Hall–Kier alpha value is -6.96. The molecule has 0 radical (unpaired) electrons. The maximum absolute atomic E-state index is 2.41. The molecule has 0 spiro atoms. The van der Waals surface area contributed by atoms with E-state index in [1.54, 1.807) is 0 Å². The third kappa shape index (κ3) is 5.34. The average Bonchev–Trinajstić information content (AvgIpc) is 3.24. The van der Waals surface area contributed by atoms with E-state index < -0.39 is 0 Å².